The van der Waals surface area contributed by atoms with Crippen LogP contribution in [0.25, 0.3) is 10.9 Å². The van der Waals surface area contributed by atoms with Gasteiger partial charge >= 0.3 is 6.03 Å². The molecule has 0 bridgehead atoms. The first-order valence-corrected chi connectivity index (χ1v) is 13.5. The number of nitrogens with zero attached hydrogens (tertiary/aromatic N) is 3. The first kappa shape index (κ1) is 26.8. The van der Waals surface area contributed by atoms with Crippen molar-refractivity contribution < 1.29 is 28.9 Å². The first-order valence-electron chi connectivity index (χ1n) is 13.5. The minimum Gasteiger partial charge on any atom is -0.384 e. The van der Waals surface area contributed by atoms with Crippen molar-refractivity contribution in [1.82, 2.24) is 15.2 Å². The van der Waals surface area contributed by atoms with E-state index in [9.17, 15) is 19.8 Å². The van der Waals surface area contributed by atoms with Gasteiger partial charge in [0.15, 0.2) is 0 Å². The maximum Gasteiger partial charge on any atom is 0.328 e. The highest BCUT2D eigenvalue weighted by atomic mass is 19.1. The van der Waals surface area contributed by atoms with Crippen LogP contribution in [-0.4, -0.2) is 64.9 Å². The Morgan fingerprint density at radius 3 is 2.48 bits per heavy atom. The molecule has 0 saturated carbocycles. The molecule has 9 nitrogen and oxygen atoms in total. The molecule has 3 saturated heterocycles. The van der Waals surface area contributed by atoms with E-state index < -0.39 is 28.5 Å². The molecule has 40 heavy (non-hydrogen) atoms. The second-order valence-corrected chi connectivity index (χ2v) is 11.9. The van der Waals surface area contributed by atoms with E-state index in [-0.39, 0.29) is 29.8 Å². The van der Waals surface area contributed by atoms with Crippen molar-refractivity contribution in [2.24, 2.45) is 5.41 Å². The average Bonchev–Trinajstić information content (AvgIpc) is 2.90. The monoisotopic (exact) mass is 548 g/mol. The third kappa shape index (κ3) is 4.45. The number of ether oxygens (including phenoxy) is 1. The van der Waals surface area contributed by atoms with E-state index >= 15 is 4.39 Å². The van der Waals surface area contributed by atoms with Gasteiger partial charge in [-0.25, -0.2) is 9.18 Å². The molecule has 0 unspecified atom stereocenters. The topological polar surface area (TPSA) is 115 Å². The molecule has 0 aliphatic carbocycles. The molecule has 0 spiro atoms. The van der Waals surface area contributed by atoms with Gasteiger partial charge in [0, 0.05) is 49.0 Å². The normalized spacial score (nSPS) is 24.6. The lowest BCUT2D eigenvalue weighted by Crippen LogP contribution is -2.55. The highest BCUT2D eigenvalue weighted by molar-refractivity contribution is 6.06. The molecule has 3 aliphatic rings. The lowest BCUT2D eigenvalue weighted by atomic mass is 9.66. The molecular formula is C30H33FN4O5. The minimum atomic E-state index is -1.43. The van der Waals surface area contributed by atoms with Crippen molar-refractivity contribution in [3.05, 3.63) is 71.2 Å². The van der Waals surface area contributed by atoms with Gasteiger partial charge in [0.2, 0.25) is 5.91 Å². The molecule has 3 N–H and O–H groups in total. The maximum absolute atomic E-state index is 16.1. The molecule has 4 heterocycles. The predicted octanol–water partition coefficient (Wildman–Crippen LogP) is 3.16. The van der Waals surface area contributed by atoms with E-state index in [4.69, 9.17) is 4.74 Å². The van der Waals surface area contributed by atoms with Gasteiger partial charge in [-0.3, -0.25) is 24.9 Å². The van der Waals surface area contributed by atoms with E-state index in [0.717, 1.165) is 11.1 Å². The predicted molar refractivity (Wildman–Crippen MR) is 146 cm³/mol. The van der Waals surface area contributed by atoms with Gasteiger partial charge in [-0.15, -0.1) is 0 Å². The highest BCUT2D eigenvalue weighted by Crippen LogP contribution is 2.48. The summed E-state index contributed by atoms with van der Waals surface area (Å²) in [5, 5.41) is 25.0. The van der Waals surface area contributed by atoms with Crippen molar-refractivity contribution in [3.63, 3.8) is 0 Å². The van der Waals surface area contributed by atoms with Crippen molar-refractivity contribution >= 4 is 28.5 Å². The highest BCUT2D eigenvalue weighted by Gasteiger charge is 2.50. The number of amides is 3. The molecule has 3 fully saturated rings. The maximum atomic E-state index is 16.1. The summed E-state index contributed by atoms with van der Waals surface area (Å²) in [5.74, 6) is -0.906. The Hall–Kier alpha value is -3.44. The minimum absolute atomic E-state index is 0.151. The average molecular weight is 549 g/mol. The number of aromatic nitrogens is 1. The SMILES string of the molecule is CC1(C)CN(Cc2ccc(C3(O)COC3)cc2)CC[C@]1(O)c1ccc2ncc(N3CCC(=O)NC3=O)cc2c1F. The second-order valence-electron chi connectivity index (χ2n) is 11.9. The van der Waals surface area contributed by atoms with Gasteiger partial charge in [-0.2, -0.15) is 0 Å². The lowest BCUT2D eigenvalue weighted by Gasteiger charge is -2.50. The number of aliphatic hydroxyl groups is 2. The summed E-state index contributed by atoms with van der Waals surface area (Å²) in [6, 6.07) is 12.2. The van der Waals surface area contributed by atoms with Crippen molar-refractivity contribution in [1.29, 1.82) is 0 Å². The molecule has 6 rings (SSSR count). The fraction of sp³-hybridized carbons (Fsp3) is 0.433. The summed E-state index contributed by atoms with van der Waals surface area (Å²) in [4.78, 5) is 31.8. The molecule has 1 aromatic heterocycles. The number of carbonyl (C=O) groups excluding carboxylic acids is 2. The van der Waals surface area contributed by atoms with Gasteiger partial charge in [0.1, 0.15) is 11.4 Å². The van der Waals surface area contributed by atoms with Crippen molar-refractivity contribution in [3.8, 4) is 0 Å². The fourth-order valence-electron chi connectivity index (χ4n) is 6.13. The Kier molecular flexibility index (Phi) is 6.42. The van der Waals surface area contributed by atoms with Crippen LogP contribution in [0.5, 0.6) is 0 Å². The number of anilines is 1. The third-order valence-electron chi connectivity index (χ3n) is 8.70. The van der Waals surface area contributed by atoms with Gasteiger partial charge in [0.05, 0.1) is 36.2 Å². The number of benzene rings is 2. The van der Waals surface area contributed by atoms with E-state index in [1.807, 2.05) is 38.1 Å². The fourth-order valence-corrected chi connectivity index (χ4v) is 6.13. The molecule has 3 aliphatic heterocycles. The molecule has 2 aromatic carbocycles. The number of nitrogens with one attached hydrogen (secondary N) is 1. The standard InChI is InChI=1S/C30H33FN4O5/c1-28(2)16-34(15-19-3-5-20(6-4-19)29(38)17-40-18-29)12-10-30(28,39)23-7-8-24-22(26(23)31)13-21(14-32-24)35-11-9-25(36)33-27(35)37/h3-8,13-14,38-39H,9-12,15-18H2,1-2H3,(H,33,36,37)/t30-/m0/s1. The lowest BCUT2D eigenvalue weighted by molar-refractivity contribution is -0.184. The number of hydrogen-bond donors (Lipinski definition) is 3. The van der Waals surface area contributed by atoms with Crippen LogP contribution in [0.3, 0.4) is 0 Å². The Bertz CT molecular complexity index is 1490. The molecular weight excluding hydrogens is 515 g/mol. The number of urea groups is 1. The molecule has 3 amide bonds. The van der Waals surface area contributed by atoms with Crippen LogP contribution in [0.2, 0.25) is 0 Å². The number of pyridine rings is 1. The van der Waals surface area contributed by atoms with Crippen LogP contribution in [0.4, 0.5) is 14.9 Å². The number of piperidine rings is 1. The van der Waals surface area contributed by atoms with E-state index in [0.29, 0.717) is 50.5 Å². The van der Waals surface area contributed by atoms with Crippen LogP contribution in [0.1, 0.15) is 43.4 Å². The number of carbonyl (C=O) groups is 2. The number of halogens is 1. The van der Waals surface area contributed by atoms with Gasteiger partial charge in [-0.1, -0.05) is 44.2 Å². The van der Waals surface area contributed by atoms with Crippen LogP contribution < -0.4 is 10.2 Å². The summed E-state index contributed by atoms with van der Waals surface area (Å²) in [6.07, 6.45) is 1.97. The van der Waals surface area contributed by atoms with E-state index in [1.54, 1.807) is 18.2 Å². The number of likely N-dealkylation sites (tertiary alicyclic amines) is 1. The number of fused-ring (bicyclic) bond motifs is 1. The molecule has 1 atom stereocenters. The molecule has 10 heteroatoms. The zero-order valence-electron chi connectivity index (χ0n) is 22.6. The largest absolute Gasteiger partial charge is 0.384 e. The van der Waals surface area contributed by atoms with Crippen LogP contribution in [-0.2, 0) is 27.3 Å². The number of hydrogen-bond acceptors (Lipinski definition) is 7. The summed E-state index contributed by atoms with van der Waals surface area (Å²) in [5.41, 5.74) is -0.0665. The van der Waals surface area contributed by atoms with E-state index in [2.05, 4.69) is 15.2 Å². The summed E-state index contributed by atoms with van der Waals surface area (Å²) in [6.45, 7) is 6.47. The Balaban J connectivity index is 1.23. The number of rotatable bonds is 5. The zero-order chi connectivity index (χ0) is 28.3. The summed E-state index contributed by atoms with van der Waals surface area (Å²) >= 11 is 0. The zero-order valence-corrected chi connectivity index (χ0v) is 22.6. The number of imide groups is 1. The summed E-state index contributed by atoms with van der Waals surface area (Å²) in [7, 11) is 0. The third-order valence-corrected chi connectivity index (χ3v) is 8.70. The van der Waals surface area contributed by atoms with E-state index in [1.165, 1.54) is 11.1 Å². The smallest absolute Gasteiger partial charge is 0.328 e. The van der Waals surface area contributed by atoms with Crippen LogP contribution in [0, 0.1) is 11.2 Å². The summed E-state index contributed by atoms with van der Waals surface area (Å²) < 4.78 is 21.3. The molecule has 3 aromatic rings. The van der Waals surface area contributed by atoms with Gasteiger partial charge in [-0.05, 0) is 29.7 Å². The van der Waals surface area contributed by atoms with Gasteiger partial charge < -0.3 is 14.9 Å². The van der Waals surface area contributed by atoms with Crippen molar-refractivity contribution in [2.75, 3.05) is 37.7 Å². The first-order chi connectivity index (χ1) is 19.0. The van der Waals surface area contributed by atoms with Crippen LogP contribution >= 0.6 is 0 Å². The Morgan fingerprint density at radius 2 is 1.82 bits per heavy atom. The van der Waals surface area contributed by atoms with Crippen molar-refractivity contribution in [2.45, 2.75) is 44.4 Å². The molecule has 210 valence electrons. The van der Waals surface area contributed by atoms with Gasteiger partial charge in [0.25, 0.3) is 0 Å². The Labute approximate surface area is 231 Å². The molecule has 0 radical (unpaired) electrons. The Morgan fingerprint density at radius 1 is 1.07 bits per heavy atom. The quantitative estimate of drug-likeness (QED) is 0.449. The van der Waals surface area contributed by atoms with Crippen LogP contribution in [0.15, 0.2) is 48.7 Å². The second kappa shape index (κ2) is 9.59.